The van der Waals surface area contributed by atoms with E-state index in [0.717, 1.165) is 18.4 Å². The van der Waals surface area contributed by atoms with Gasteiger partial charge in [0, 0.05) is 12.4 Å². The highest BCUT2D eigenvalue weighted by molar-refractivity contribution is 5.44. The van der Waals surface area contributed by atoms with E-state index in [2.05, 4.69) is 11.2 Å². The molecule has 1 aromatic carbocycles. The Balaban J connectivity index is 2.09. The molecule has 2 aromatic rings. The van der Waals surface area contributed by atoms with E-state index < -0.39 is 0 Å². The van der Waals surface area contributed by atoms with Crippen molar-refractivity contribution in [2.45, 2.75) is 18.9 Å². The number of aromatic hydroxyl groups is 1. The van der Waals surface area contributed by atoms with Gasteiger partial charge in [0.25, 0.3) is 0 Å². The first-order valence-corrected chi connectivity index (χ1v) is 5.16. The molecule has 1 aliphatic rings. The number of benzene rings is 1. The van der Waals surface area contributed by atoms with Crippen molar-refractivity contribution in [1.82, 2.24) is 9.78 Å². The molecule has 3 nitrogen and oxygen atoms in total. The van der Waals surface area contributed by atoms with Crippen LogP contribution in [0.25, 0.3) is 0 Å². The summed E-state index contributed by atoms with van der Waals surface area (Å²) in [5.41, 5.74) is 2.29. The molecule has 1 aliphatic carbocycles. The molecule has 3 heteroatoms. The van der Waals surface area contributed by atoms with E-state index in [1.165, 1.54) is 5.56 Å². The topological polar surface area (TPSA) is 38.0 Å². The summed E-state index contributed by atoms with van der Waals surface area (Å²) in [5, 5.41) is 14.0. The normalized spacial score (nSPS) is 19.1. The summed E-state index contributed by atoms with van der Waals surface area (Å²) in [5.74, 6) is 0.419. The van der Waals surface area contributed by atoms with Crippen LogP contribution in [-0.4, -0.2) is 14.9 Å². The number of fused-ring (bicyclic) bond motifs is 1. The van der Waals surface area contributed by atoms with E-state index >= 15 is 0 Å². The predicted octanol–water partition coefficient (Wildman–Crippen LogP) is 2.12. The summed E-state index contributed by atoms with van der Waals surface area (Å²) in [4.78, 5) is 0. The van der Waals surface area contributed by atoms with Gasteiger partial charge in [0.2, 0.25) is 0 Å². The molecule has 0 amide bonds. The molecule has 0 spiro atoms. The van der Waals surface area contributed by atoms with Gasteiger partial charge in [0.05, 0.1) is 6.04 Å². The van der Waals surface area contributed by atoms with Gasteiger partial charge in [-0.2, -0.15) is 5.10 Å². The van der Waals surface area contributed by atoms with E-state index in [1.54, 1.807) is 12.3 Å². The standard InChI is InChI=1S/C12H12N2O/c15-12-4-1-3-9-10(12)5-6-11(9)14-8-2-7-13-14/h1-4,7-8,11,15H,5-6H2. The molecule has 1 unspecified atom stereocenters. The number of phenols is 1. The Morgan fingerprint density at radius 3 is 3.07 bits per heavy atom. The van der Waals surface area contributed by atoms with Crippen LogP contribution in [0.1, 0.15) is 23.6 Å². The Kier molecular flexibility index (Phi) is 1.78. The Labute approximate surface area is 88.0 Å². The van der Waals surface area contributed by atoms with Gasteiger partial charge in [-0.25, -0.2) is 0 Å². The van der Waals surface area contributed by atoms with Crippen molar-refractivity contribution in [1.29, 1.82) is 0 Å². The zero-order valence-corrected chi connectivity index (χ0v) is 8.30. The third-order valence-corrected chi connectivity index (χ3v) is 3.06. The molecule has 0 saturated heterocycles. The van der Waals surface area contributed by atoms with Crippen LogP contribution < -0.4 is 0 Å². The molecule has 0 radical (unpaired) electrons. The van der Waals surface area contributed by atoms with Crippen LogP contribution in [0, 0.1) is 0 Å². The number of rotatable bonds is 1. The minimum atomic E-state index is 0.294. The molecule has 0 aliphatic heterocycles. The number of phenolic OH excluding ortho intramolecular Hbond substituents is 1. The lowest BCUT2D eigenvalue weighted by atomic mass is 10.1. The molecule has 0 fully saturated rings. The van der Waals surface area contributed by atoms with Crippen LogP contribution in [0.5, 0.6) is 5.75 Å². The number of hydrogen-bond donors (Lipinski definition) is 1. The summed E-state index contributed by atoms with van der Waals surface area (Å²) < 4.78 is 1.96. The maximum absolute atomic E-state index is 9.72. The van der Waals surface area contributed by atoms with Crippen LogP contribution in [0.15, 0.2) is 36.7 Å². The lowest BCUT2D eigenvalue weighted by molar-refractivity contribution is 0.469. The van der Waals surface area contributed by atoms with Crippen LogP contribution >= 0.6 is 0 Å². The van der Waals surface area contributed by atoms with Gasteiger partial charge in [-0.15, -0.1) is 0 Å². The van der Waals surface area contributed by atoms with Gasteiger partial charge in [0.1, 0.15) is 5.75 Å². The minimum absolute atomic E-state index is 0.294. The zero-order chi connectivity index (χ0) is 10.3. The Morgan fingerprint density at radius 1 is 1.33 bits per heavy atom. The molecule has 0 saturated carbocycles. The summed E-state index contributed by atoms with van der Waals surface area (Å²) in [6.45, 7) is 0. The van der Waals surface area contributed by atoms with Crippen LogP contribution in [-0.2, 0) is 6.42 Å². The molecule has 1 aromatic heterocycles. The van der Waals surface area contributed by atoms with Crippen LogP contribution in [0.4, 0.5) is 0 Å². The quantitative estimate of drug-likeness (QED) is 0.765. The van der Waals surface area contributed by atoms with E-state index in [1.807, 2.05) is 23.0 Å². The smallest absolute Gasteiger partial charge is 0.119 e. The number of aromatic nitrogens is 2. The predicted molar refractivity (Wildman–Crippen MR) is 56.8 cm³/mol. The van der Waals surface area contributed by atoms with Crippen molar-refractivity contribution in [3.8, 4) is 5.75 Å². The van der Waals surface area contributed by atoms with Gasteiger partial charge in [-0.3, -0.25) is 4.68 Å². The lowest BCUT2D eigenvalue weighted by Crippen LogP contribution is -2.07. The number of nitrogens with zero attached hydrogens (tertiary/aromatic N) is 2. The SMILES string of the molecule is Oc1cccc2c1CCC2n1cccn1. The molecule has 3 rings (SSSR count). The first-order chi connectivity index (χ1) is 7.36. The monoisotopic (exact) mass is 200 g/mol. The Morgan fingerprint density at radius 2 is 2.27 bits per heavy atom. The molecule has 1 atom stereocenters. The van der Waals surface area contributed by atoms with Crippen molar-refractivity contribution in [2.24, 2.45) is 0 Å². The second-order valence-electron chi connectivity index (χ2n) is 3.89. The van der Waals surface area contributed by atoms with Gasteiger partial charge in [-0.05, 0) is 36.1 Å². The average Bonchev–Trinajstić information content (AvgIpc) is 2.85. The number of hydrogen-bond acceptors (Lipinski definition) is 2. The van der Waals surface area contributed by atoms with Crippen molar-refractivity contribution >= 4 is 0 Å². The third-order valence-electron chi connectivity index (χ3n) is 3.06. The summed E-state index contributed by atoms with van der Waals surface area (Å²) in [6, 6.07) is 7.96. The van der Waals surface area contributed by atoms with Crippen molar-refractivity contribution < 1.29 is 5.11 Å². The van der Waals surface area contributed by atoms with E-state index in [4.69, 9.17) is 0 Å². The van der Waals surface area contributed by atoms with E-state index in [0.29, 0.717) is 11.8 Å². The Hall–Kier alpha value is -1.77. The van der Waals surface area contributed by atoms with Gasteiger partial charge >= 0.3 is 0 Å². The highest BCUT2D eigenvalue weighted by atomic mass is 16.3. The molecule has 0 bridgehead atoms. The van der Waals surface area contributed by atoms with Crippen molar-refractivity contribution in [3.63, 3.8) is 0 Å². The van der Waals surface area contributed by atoms with Crippen LogP contribution in [0.3, 0.4) is 0 Å². The zero-order valence-electron chi connectivity index (χ0n) is 8.30. The highest BCUT2D eigenvalue weighted by Gasteiger charge is 2.25. The van der Waals surface area contributed by atoms with Gasteiger partial charge < -0.3 is 5.11 Å². The second-order valence-corrected chi connectivity index (χ2v) is 3.89. The molecule has 1 heterocycles. The molecule has 76 valence electrons. The minimum Gasteiger partial charge on any atom is -0.508 e. The lowest BCUT2D eigenvalue weighted by Gasteiger charge is -2.12. The summed E-state index contributed by atoms with van der Waals surface area (Å²) in [7, 11) is 0. The van der Waals surface area contributed by atoms with Crippen LogP contribution in [0.2, 0.25) is 0 Å². The molecule has 1 N–H and O–H groups in total. The van der Waals surface area contributed by atoms with Crippen molar-refractivity contribution in [2.75, 3.05) is 0 Å². The third kappa shape index (κ3) is 1.23. The maximum atomic E-state index is 9.72. The fourth-order valence-electron chi connectivity index (χ4n) is 2.35. The molecular weight excluding hydrogens is 188 g/mol. The average molecular weight is 200 g/mol. The first kappa shape index (κ1) is 8.53. The second kappa shape index (κ2) is 3.12. The molecule has 15 heavy (non-hydrogen) atoms. The molecular formula is C12H12N2O. The fraction of sp³-hybridized carbons (Fsp3) is 0.250. The maximum Gasteiger partial charge on any atom is 0.119 e. The highest BCUT2D eigenvalue weighted by Crippen LogP contribution is 2.37. The fourth-order valence-corrected chi connectivity index (χ4v) is 2.35. The van der Waals surface area contributed by atoms with E-state index in [-0.39, 0.29) is 0 Å². The van der Waals surface area contributed by atoms with Crippen molar-refractivity contribution in [3.05, 3.63) is 47.8 Å². The summed E-state index contributed by atoms with van der Waals surface area (Å²) in [6.07, 6.45) is 5.73. The van der Waals surface area contributed by atoms with Gasteiger partial charge in [-0.1, -0.05) is 12.1 Å². The largest absolute Gasteiger partial charge is 0.508 e. The Bertz CT molecular complexity index is 476. The summed E-state index contributed by atoms with van der Waals surface area (Å²) >= 11 is 0. The van der Waals surface area contributed by atoms with Gasteiger partial charge in [0.15, 0.2) is 0 Å². The van der Waals surface area contributed by atoms with E-state index in [9.17, 15) is 5.11 Å². The first-order valence-electron chi connectivity index (χ1n) is 5.16.